The van der Waals surface area contributed by atoms with E-state index in [-0.39, 0.29) is 10.8 Å². The van der Waals surface area contributed by atoms with Crippen molar-refractivity contribution in [2.75, 3.05) is 5.32 Å². The highest BCUT2D eigenvalue weighted by molar-refractivity contribution is 7.89. The van der Waals surface area contributed by atoms with Crippen molar-refractivity contribution >= 4 is 33.0 Å². The van der Waals surface area contributed by atoms with Gasteiger partial charge in [-0.25, -0.2) is 18.5 Å². The van der Waals surface area contributed by atoms with Crippen molar-refractivity contribution in [3.05, 3.63) is 39.8 Å². The summed E-state index contributed by atoms with van der Waals surface area (Å²) in [6, 6.07) is 4.30. The number of benzene rings is 1. The van der Waals surface area contributed by atoms with E-state index in [4.69, 9.17) is 5.14 Å². The fraction of sp³-hybridized carbons (Fsp3) is 0.167. The number of aryl methyl sites for hydroxylation is 2. The average molecular weight is 311 g/mol. The monoisotopic (exact) mass is 311 g/mol. The number of nitrogens with zero attached hydrogens (tertiary/aromatic N) is 1. The van der Waals surface area contributed by atoms with Gasteiger partial charge in [-0.05, 0) is 37.6 Å². The summed E-state index contributed by atoms with van der Waals surface area (Å²) in [5.41, 5.74) is 3.41. The lowest BCUT2D eigenvalue weighted by atomic mass is 10.2. The predicted octanol–water partition coefficient (Wildman–Crippen LogP) is 1.66. The minimum atomic E-state index is -3.74. The highest BCUT2D eigenvalue weighted by Crippen LogP contribution is 2.21. The molecule has 1 aromatic heterocycles. The number of rotatable bonds is 3. The molecule has 0 bridgehead atoms. The number of carbonyl (C=O) groups excluding carboxylic acids is 1. The van der Waals surface area contributed by atoms with Gasteiger partial charge in [-0.15, -0.1) is 11.3 Å². The number of thiazole rings is 1. The molecule has 106 valence electrons. The normalized spacial score (nSPS) is 11.3. The van der Waals surface area contributed by atoms with Crippen molar-refractivity contribution in [3.63, 3.8) is 0 Å². The van der Waals surface area contributed by atoms with Crippen LogP contribution in [0, 0.1) is 13.8 Å². The van der Waals surface area contributed by atoms with Crippen molar-refractivity contribution < 1.29 is 13.2 Å². The van der Waals surface area contributed by atoms with Crippen LogP contribution in [0.25, 0.3) is 0 Å². The van der Waals surface area contributed by atoms with E-state index in [1.165, 1.54) is 29.5 Å². The molecule has 0 aliphatic rings. The Bertz CT molecular complexity index is 766. The van der Waals surface area contributed by atoms with Crippen LogP contribution in [0.15, 0.2) is 28.6 Å². The highest BCUT2D eigenvalue weighted by Gasteiger charge is 2.14. The van der Waals surface area contributed by atoms with Crippen LogP contribution in [0.2, 0.25) is 0 Å². The Labute approximate surface area is 120 Å². The van der Waals surface area contributed by atoms with Crippen LogP contribution in [-0.4, -0.2) is 19.3 Å². The van der Waals surface area contributed by atoms with E-state index in [1.807, 2.05) is 0 Å². The van der Waals surface area contributed by atoms with Crippen molar-refractivity contribution in [2.24, 2.45) is 5.14 Å². The lowest BCUT2D eigenvalue weighted by Gasteiger charge is -2.09. The second-order valence-electron chi connectivity index (χ2n) is 4.24. The van der Waals surface area contributed by atoms with E-state index in [1.54, 1.807) is 19.4 Å². The molecule has 0 unspecified atom stereocenters. The van der Waals surface area contributed by atoms with Crippen molar-refractivity contribution in [2.45, 2.75) is 18.7 Å². The van der Waals surface area contributed by atoms with E-state index in [9.17, 15) is 13.2 Å². The summed E-state index contributed by atoms with van der Waals surface area (Å²) in [4.78, 5) is 16.6. The molecular weight excluding hydrogens is 298 g/mol. The largest absolute Gasteiger partial charge is 0.321 e. The molecule has 0 aliphatic carbocycles. The van der Waals surface area contributed by atoms with Crippen molar-refractivity contribution in [1.82, 2.24) is 4.98 Å². The zero-order valence-electron chi connectivity index (χ0n) is 10.9. The number of hydrogen-bond acceptors (Lipinski definition) is 5. The first kappa shape index (κ1) is 14.6. The van der Waals surface area contributed by atoms with Gasteiger partial charge in [-0.2, -0.15) is 0 Å². The standard InChI is InChI=1S/C12H13N3O3S2/c1-7-5-9(20(13,17)18)3-4-10(7)15-12(16)11-8(2)14-6-19-11/h3-6H,1-2H3,(H,15,16)(H2,13,17,18). The van der Waals surface area contributed by atoms with Gasteiger partial charge in [0.2, 0.25) is 10.0 Å². The molecule has 1 heterocycles. The van der Waals surface area contributed by atoms with Crippen LogP contribution in [0.1, 0.15) is 20.9 Å². The summed E-state index contributed by atoms with van der Waals surface area (Å²) in [6.45, 7) is 3.45. The summed E-state index contributed by atoms with van der Waals surface area (Å²) >= 11 is 1.25. The van der Waals surface area contributed by atoms with Crippen LogP contribution in [0.4, 0.5) is 5.69 Å². The molecule has 8 heteroatoms. The Morgan fingerprint density at radius 2 is 2.05 bits per heavy atom. The molecule has 6 nitrogen and oxygen atoms in total. The van der Waals surface area contributed by atoms with Gasteiger partial charge in [-0.3, -0.25) is 4.79 Å². The molecule has 0 saturated heterocycles. The lowest BCUT2D eigenvalue weighted by Crippen LogP contribution is -2.15. The van der Waals surface area contributed by atoms with Gasteiger partial charge in [0.15, 0.2) is 0 Å². The number of amides is 1. The summed E-state index contributed by atoms with van der Waals surface area (Å²) in [6.07, 6.45) is 0. The van der Waals surface area contributed by atoms with Crippen molar-refractivity contribution in [1.29, 1.82) is 0 Å². The Morgan fingerprint density at radius 3 is 2.55 bits per heavy atom. The summed E-state index contributed by atoms with van der Waals surface area (Å²) in [7, 11) is -3.74. The Kier molecular flexibility index (Phi) is 3.89. The molecule has 0 radical (unpaired) electrons. The van der Waals surface area contributed by atoms with Gasteiger partial charge >= 0.3 is 0 Å². The summed E-state index contributed by atoms with van der Waals surface area (Å²) in [5.74, 6) is -0.267. The Balaban J connectivity index is 2.27. The van der Waals surface area contributed by atoms with E-state index in [0.29, 0.717) is 21.8 Å². The van der Waals surface area contributed by atoms with Crippen molar-refractivity contribution in [3.8, 4) is 0 Å². The average Bonchev–Trinajstić information content (AvgIpc) is 2.76. The number of primary sulfonamides is 1. The first-order chi connectivity index (χ1) is 9.29. The minimum absolute atomic E-state index is 0.0157. The molecule has 2 aromatic rings. The summed E-state index contributed by atoms with van der Waals surface area (Å²) < 4.78 is 22.5. The number of sulfonamides is 1. The molecule has 20 heavy (non-hydrogen) atoms. The lowest BCUT2D eigenvalue weighted by molar-refractivity contribution is 0.102. The van der Waals surface area contributed by atoms with Crippen LogP contribution in [0.5, 0.6) is 0 Å². The van der Waals surface area contributed by atoms with Gasteiger partial charge in [0, 0.05) is 5.69 Å². The van der Waals surface area contributed by atoms with E-state index in [0.717, 1.165) is 0 Å². The fourth-order valence-electron chi connectivity index (χ4n) is 1.65. The topological polar surface area (TPSA) is 102 Å². The Hall–Kier alpha value is -1.77. The maximum Gasteiger partial charge on any atom is 0.267 e. The molecule has 1 amide bonds. The SMILES string of the molecule is Cc1cc(S(N)(=O)=O)ccc1NC(=O)c1scnc1C. The van der Waals surface area contributed by atoms with Crippen LogP contribution in [-0.2, 0) is 10.0 Å². The third-order valence-corrected chi connectivity index (χ3v) is 4.56. The van der Waals surface area contributed by atoms with Gasteiger partial charge in [0.25, 0.3) is 5.91 Å². The molecule has 1 aromatic carbocycles. The molecule has 0 atom stereocenters. The number of aromatic nitrogens is 1. The van der Waals surface area contributed by atoms with Crippen LogP contribution >= 0.6 is 11.3 Å². The first-order valence-electron chi connectivity index (χ1n) is 5.64. The van der Waals surface area contributed by atoms with Crippen LogP contribution < -0.4 is 10.5 Å². The molecule has 0 saturated carbocycles. The maximum absolute atomic E-state index is 12.0. The number of nitrogens with one attached hydrogen (secondary N) is 1. The van der Waals surface area contributed by atoms with Crippen LogP contribution in [0.3, 0.4) is 0 Å². The Morgan fingerprint density at radius 1 is 1.35 bits per heavy atom. The van der Waals surface area contributed by atoms with Gasteiger partial charge < -0.3 is 5.32 Å². The molecule has 2 rings (SSSR count). The molecule has 0 spiro atoms. The molecule has 3 N–H and O–H groups in total. The smallest absolute Gasteiger partial charge is 0.267 e. The van der Waals surface area contributed by atoms with Gasteiger partial charge in [0.1, 0.15) is 4.88 Å². The number of carbonyl (C=O) groups is 1. The number of hydrogen-bond donors (Lipinski definition) is 2. The van der Waals surface area contributed by atoms with E-state index >= 15 is 0 Å². The molecule has 0 fully saturated rings. The number of nitrogens with two attached hydrogens (primary N) is 1. The maximum atomic E-state index is 12.0. The van der Waals surface area contributed by atoms with E-state index < -0.39 is 10.0 Å². The first-order valence-corrected chi connectivity index (χ1v) is 8.06. The predicted molar refractivity (Wildman–Crippen MR) is 77.4 cm³/mol. The van der Waals surface area contributed by atoms with E-state index in [2.05, 4.69) is 10.3 Å². The zero-order valence-corrected chi connectivity index (χ0v) is 12.5. The van der Waals surface area contributed by atoms with Gasteiger partial charge in [0.05, 0.1) is 16.1 Å². The third kappa shape index (κ3) is 3.03. The van der Waals surface area contributed by atoms with Gasteiger partial charge in [-0.1, -0.05) is 0 Å². The fourth-order valence-corrected chi connectivity index (χ4v) is 2.95. The summed E-state index contributed by atoms with van der Waals surface area (Å²) in [5, 5.41) is 7.78. The molecule has 0 aliphatic heterocycles. The second kappa shape index (κ2) is 5.31. The molecular formula is C12H13N3O3S2. The zero-order chi connectivity index (χ0) is 14.9. The second-order valence-corrected chi connectivity index (χ2v) is 6.66. The quantitative estimate of drug-likeness (QED) is 0.899. The highest BCUT2D eigenvalue weighted by atomic mass is 32.2. The number of anilines is 1. The third-order valence-electron chi connectivity index (χ3n) is 2.73. The minimum Gasteiger partial charge on any atom is -0.321 e.